The minimum absolute atomic E-state index is 0.0628. The highest BCUT2D eigenvalue weighted by Gasteiger charge is 3.02. The number of hydrogen-bond acceptors (Lipinski definition) is 6. The van der Waals surface area contributed by atoms with Gasteiger partial charge in [-0.05, 0) is 42.2 Å². The zero-order valence-electron chi connectivity index (χ0n) is 25.7. The number of aromatic amines is 1. The van der Waals surface area contributed by atoms with Gasteiger partial charge in [0.05, 0.1) is 6.04 Å². The summed E-state index contributed by atoms with van der Waals surface area (Å²) < 4.78 is 0. The minimum atomic E-state index is -1.29. The number of likely N-dealkylation sites (tertiary alicyclic amines) is 1. The zero-order chi connectivity index (χ0) is 32.0. The summed E-state index contributed by atoms with van der Waals surface area (Å²) in [6, 6.07) is 6.04. The van der Waals surface area contributed by atoms with E-state index in [4.69, 9.17) is 5.73 Å². The van der Waals surface area contributed by atoms with Crippen LogP contribution in [-0.4, -0.2) is 76.4 Å². The highest BCUT2D eigenvalue weighted by atomic mass is 16.2. The van der Waals surface area contributed by atoms with Crippen LogP contribution in [0.2, 0.25) is 0 Å². The molecule has 2 aliphatic carbocycles. The fraction of sp³-hybridized carbons (Fsp3) is 0.562. The van der Waals surface area contributed by atoms with Crippen LogP contribution in [0.4, 0.5) is 0 Å². The van der Waals surface area contributed by atoms with Crippen molar-refractivity contribution in [1.82, 2.24) is 25.8 Å². The first-order valence-electron chi connectivity index (χ1n) is 15.2. The number of primary amides is 1. The molecule has 2 unspecified atom stereocenters. The third-order valence-electron chi connectivity index (χ3n) is 11.0. The number of H-pyrrole nitrogens is 1. The number of fused-ring (bicyclic) bond motifs is 1. The van der Waals surface area contributed by atoms with Gasteiger partial charge in [0, 0.05) is 40.7 Å². The molecule has 12 nitrogen and oxygen atoms in total. The van der Waals surface area contributed by atoms with E-state index in [9.17, 15) is 28.8 Å². The first-order valence-corrected chi connectivity index (χ1v) is 15.2. The number of piperidine rings is 2. The predicted molar refractivity (Wildman–Crippen MR) is 160 cm³/mol. The molecule has 2 saturated carbocycles. The predicted octanol–water partition coefficient (Wildman–Crippen LogP) is 1.00. The van der Waals surface area contributed by atoms with Crippen LogP contribution in [-0.2, 0) is 24.0 Å². The van der Waals surface area contributed by atoms with Gasteiger partial charge >= 0.3 is 0 Å². The minimum Gasteiger partial charge on any atom is -0.363 e. The second kappa shape index (κ2) is 9.64. The number of Topliss-reactive ketones (excluding diaryl/α,β-unsaturated/α-hetero) is 1. The number of nitrogens with one attached hydrogen (secondary N) is 4. The maximum atomic E-state index is 14.4. The molecule has 234 valence electrons. The Morgan fingerprint density at radius 1 is 1.11 bits per heavy atom. The Balaban J connectivity index is 1.27. The number of benzene rings is 1. The van der Waals surface area contributed by atoms with Crippen LogP contribution in [0.5, 0.6) is 0 Å². The normalized spacial score (nSPS) is 29.2. The Bertz CT molecular complexity index is 1590. The van der Waals surface area contributed by atoms with Crippen molar-refractivity contribution in [3.05, 3.63) is 36.0 Å². The summed E-state index contributed by atoms with van der Waals surface area (Å²) in [5.74, 6) is -4.38. The molecule has 44 heavy (non-hydrogen) atoms. The molecule has 0 spiro atoms. The van der Waals surface area contributed by atoms with E-state index in [1.807, 2.05) is 45.0 Å². The second-order valence-electron chi connectivity index (χ2n) is 14.6. The number of carbonyl (C=O) groups excluding carboxylic acids is 6. The van der Waals surface area contributed by atoms with Gasteiger partial charge < -0.3 is 31.6 Å². The molecule has 2 aromatic rings. The molecule has 0 radical (unpaired) electrons. The third-order valence-corrected chi connectivity index (χ3v) is 11.0. The topological polar surface area (TPSA) is 184 Å². The van der Waals surface area contributed by atoms with Gasteiger partial charge in [0.15, 0.2) is 0 Å². The van der Waals surface area contributed by atoms with Gasteiger partial charge in [0.1, 0.15) is 17.8 Å². The van der Waals surface area contributed by atoms with Crippen molar-refractivity contribution in [2.45, 2.75) is 72.0 Å². The number of ketones is 1. The highest BCUT2D eigenvalue weighted by Crippen LogP contribution is 3.00. The van der Waals surface area contributed by atoms with Crippen LogP contribution >= 0.6 is 0 Å². The van der Waals surface area contributed by atoms with Crippen LogP contribution in [0.1, 0.15) is 64.4 Å². The number of rotatable bonds is 9. The molecule has 6 N–H and O–H groups in total. The molecule has 3 heterocycles. The van der Waals surface area contributed by atoms with Crippen molar-refractivity contribution >= 4 is 46.2 Å². The van der Waals surface area contributed by atoms with E-state index in [0.29, 0.717) is 25.2 Å². The van der Waals surface area contributed by atoms with Crippen molar-refractivity contribution in [3.63, 3.8) is 0 Å². The van der Waals surface area contributed by atoms with Crippen LogP contribution in [0.15, 0.2) is 30.3 Å². The lowest BCUT2D eigenvalue weighted by atomic mass is 9.79. The van der Waals surface area contributed by atoms with E-state index in [-0.39, 0.29) is 23.2 Å². The maximum Gasteiger partial charge on any atom is 0.287 e. The van der Waals surface area contributed by atoms with Crippen molar-refractivity contribution in [2.24, 2.45) is 33.3 Å². The largest absolute Gasteiger partial charge is 0.363 e. The van der Waals surface area contributed by atoms with Crippen LogP contribution < -0.4 is 21.7 Å². The number of aromatic nitrogens is 1. The summed E-state index contributed by atoms with van der Waals surface area (Å²) in [6.07, 6.45) is 1.16. The van der Waals surface area contributed by atoms with Crippen molar-refractivity contribution in [1.29, 1.82) is 0 Å². The molecule has 6 rings (SSSR count). The monoisotopic (exact) mass is 604 g/mol. The second-order valence-corrected chi connectivity index (χ2v) is 14.6. The molecular weight excluding hydrogens is 564 g/mol. The first-order chi connectivity index (χ1) is 20.6. The number of para-hydroxylation sites is 1. The summed E-state index contributed by atoms with van der Waals surface area (Å²) in [5.41, 5.74) is 4.80. The lowest BCUT2D eigenvalue weighted by molar-refractivity contribution is -0.148. The van der Waals surface area contributed by atoms with E-state index < -0.39 is 64.3 Å². The summed E-state index contributed by atoms with van der Waals surface area (Å²) in [5, 5.41) is 9.21. The molecule has 1 aromatic heterocycles. The fourth-order valence-corrected chi connectivity index (χ4v) is 8.30. The maximum absolute atomic E-state index is 14.4. The van der Waals surface area contributed by atoms with Crippen LogP contribution in [0.3, 0.4) is 0 Å². The number of amides is 5. The van der Waals surface area contributed by atoms with E-state index in [0.717, 1.165) is 17.3 Å². The third kappa shape index (κ3) is 4.16. The average Bonchev–Trinajstić information content (AvgIpc) is 3.36. The van der Waals surface area contributed by atoms with Gasteiger partial charge in [-0.1, -0.05) is 52.8 Å². The molecular formula is C32H40N6O6. The van der Waals surface area contributed by atoms with Crippen LogP contribution in [0.25, 0.3) is 10.9 Å². The Kier molecular flexibility index (Phi) is 6.54. The molecule has 4 fully saturated rings. The molecule has 4 aliphatic rings. The van der Waals surface area contributed by atoms with Gasteiger partial charge in [-0.2, -0.15) is 0 Å². The van der Waals surface area contributed by atoms with Crippen molar-refractivity contribution in [2.75, 3.05) is 13.1 Å². The Morgan fingerprint density at radius 3 is 2.41 bits per heavy atom. The standard InChI is InChI=1S/C32H40N6O6/c1-29(2,3)22(37-26(42)20-12-16-8-6-7-9-18(16)35-20)28(44)38-15-31-14-32(31,30(31,4)5)23(38)27(43)36-19(21(39)24(33)40)13-17-10-11-34-25(17)41/h6-9,12,17,19,22-23,35H,10-11,13-15H2,1-5H3,(H2,33,40)(H,34,41)(H,36,43)(H,37,42)/t17-,19-,22+,23+,31?,32?/m0/s1. The quantitative estimate of drug-likeness (QED) is 0.266. The SMILES string of the molecule is CC(C)(C)[C@H](NC(=O)c1cc2ccccc2[nH]1)C(=O)N1CC23CC2([C@H]1C(=O)N[C@@H](C[C@@H]1CCNC1=O)C(=O)C(N)=O)C3(C)C. The van der Waals surface area contributed by atoms with E-state index >= 15 is 0 Å². The number of hydrogen-bond donors (Lipinski definition) is 5. The van der Waals surface area contributed by atoms with Gasteiger partial charge in [0.2, 0.25) is 23.5 Å². The summed E-state index contributed by atoms with van der Waals surface area (Å²) >= 11 is 0. The van der Waals surface area contributed by atoms with E-state index in [2.05, 4.69) is 34.8 Å². The Hall–Kier alpha value is -4.22. The van der Waals surface area contributed by atoms with Crippen molar-refractivity contribution in [3.8, 4) is 0 Å². The van der Waals surface area contributed by atoms with E-state index in [1.54, 1.807) is 11.0 Å². The summed E-state index contributed by atoms with van der Waals surface area (Å²) in [6.45, 7) is 10.5. The molecule has 0 bridgehead atoms. The number of carbonyl (C=O) groups is 6. The van der Waals surface area contributed by atoms with Gasteiger partial charge in [-0.3, -0.25) is 28.8 Å². The van der Waals surface area contributed by atoms with Crippen LogP contribution in [0, 0.1) is 27.6 Å². The molecule has 2 aliphatic heterocycles. The smallest absolute Gasteiger partial charge is 0.287 e. The summed E-state index contributed by atoms with van der Waals surface area (Å²) in [7, 11) is 0. The highest BCUT2D eigenvalue weighted by molar-refractivity contribution is 6.38. The molecule has 1 aromatic carbocycles. The summed E-state index contributed by atoms with van der Waals surface area (Å²) in [4.78, 5) is 83.5. The zero-order valence-corrected chi connectivity index (χ0v) is 25.7. The fourth-order valence-electron chi connectivity index (χ4n) is 8.30. The average molecular weight is 605 g/mol. The molecule has 5 amide bonds. The Morgan fingerprint density at radius 2 is 1.82 bits per heavy atom. The number of nitrogens with zero attached hydrogens (tertiary/aromatic N) is 1. The first kappa shape index (κ1) is 29.8. The lowest BCUT2D eigenvalue weighted by Gasteiger charge is -2.42. The molecule has 12 heteroatoms. The molecule has 2 saturated heterocycles. The van der Waals surface area contributed by atoms with Crippen molar-refractivity contribution < 1.29 is 28.8 Å². The van der Waals surface area contributed by atoms with Gasteiger partial charge in [-0.25, -0.2) is 0 Å². The Labute approximate surface area is 255 Å². The van der Waals surface area contributed by atoms with Gasteiger partial charge in [0.25, 0.3) is 11.8 Å². The number of nitrogens with two attached hydrogens (primary N) is 1. The van der Waals surface area contributed by atoms with E-state index in [1.165, 1.54) is 0 Å². The van der Waals surface area contributed by atoms with Gasteiger partial charge in [-0.15, -0.1) is 0 Å². The lowest BCUT2D eigenvalue weighted by Crippen LogP contribution is -2.62. The molecule has 6 atom stereocenters.